The molecule has 1 aromatic heterocycles. The van der Waals surface area contributed by atoms with Crippen molar-refractivity contribution in [1.82, 2.24) is 9.55 Å². The molecule has 0 N–H and O–H groups in total. The predicted octanol–water partition coefficient (Wildman–Crippen LogP) is 3.02. The van der Waals surface area contributed by atoms with Crippen molar-refractivity contribution in [1.29, 1.82) is 0 Å². The van der Waals surface area contributed by atoms with Gasteiger partial charge in [0.25, 0.3) is 0 Å². The zero-order valence-electron chi connectivity index (χ0n) is 13.7. The molecular weight excluding hydrogens is 296 g/mol. The van der Waals surface area contributed by atoms with Gasteiger partial charge in [-0.15, -0.1) is 0 Å². The summed E-state index contributed by atoms with van der Waals surface area (Å²) >= 11 is 0. The summed E-state index contributed by atoms with van der Waals surface area (Å²) in [5, 5.41) is 0. The standard InChI is InChI=1S/C17H22N2O4/c1-4-5-6-17-18-13(11-20)10-19(17)15-8-7-14(22-3)9-16(15)23-12-21-2/h7-11H,4-6,12H2,1-3H3. The molecule has 0 aliphatic carbocycles. The van der Waals surface area contributed by atoms with Gasteiger partial charge in [0.05, 0.1) is 12.8 Å². The van der Waals surface area contributed by atoms with Crippen molar-refractivity contribution in [2.24, 2.45) is 0 Å². The van der Waals surface area contributed by atoms with E-state index >= 15 is 0 Å². The van der Waals surface area contributed by atoms with Gasteiger partial charge in [0.1, 0.15) is 23.0 Å². The Hall–Kier alpha value is -2.34. The zero-order valence-corrected chi connectivity index (χ0v) is 13.7. The molecule has 2 rings (SSSR count). The molecule has 6 heteroatoms. The van der Waals surface area contributed by atoms with Crippen LogP contribution in [0.15, 0.2) is 24.4 Å². The Morgan fingerprint density at radius 1 is 1.30 bits per heavy atom. The third-order valence-corrected chi connectivity index (χ3v) is 3.43. The van der Waals surface area contributed by atoms with Gasteiger partial charge in [-0.05, 0) is 18.6 Å². The maximum Gasteiger partial charge on any atom is 0.188 e. The average molecular weight is 318 g/mol. The van der Waals surface area contributed by atoms with Crippen molar-refractivity contribution in [2.75, 3.05) is 21.0 Å². The third-order valence-electron chi connectivity index (χ3n) is 3.43. The van der Waals surface area contributed by atoms with Gasteiger partial charge in [-0.1, -0.05) is 13.3 Å². The molecule has 2 aromatic rings. The second-order valence-corrected chi connectivity index (χ2v) is 5.06. The Kier molecular flexibility index (Phi) is 6.17. The van der Waals surface area contributed by atoms with Gasteiger partial charge < -0.3 is 14.2 Å². The Morgan fingerprint density at radius 2 is 2.13 bits per heavy atom. The van der Waals surface area contributed by atoms with Crippen molar-refractivity contribution in [3.63, 3.8) is 0 Å². The van der Waals surface area contributed by atoms with Gasteiger partial charge in [-0.3, -0.25) is 9.36 Å². The number of aryl methyl sites for hydroxylation is 1. The van der Waals surface area contributed by atoms with Gasteiger partial charge in [0.2, 0.25) is 0 Å². The SMILES string of the molecule is CCCCc1nc(C=O)cn1-c1ccc(OC)cc1OCOC. The molecule has 0 amide bonds. The maximum absolute atomic E-state index is 11.1. The molecule has 0 unspecified atom stereocenters. The highest BCUT2D eigenvalue weighted by Crippen LogP contribution is 2.29. The molecule has 1 heterocycles. The fraction of sp³-hybridized carbons (Fsp3) is 0.412. The molecule has 1 aromatic carbocycles. The summed E-state index contributed by atoms with van der Waals surface area (Å²) in [6, 6.07) is 5.52. The number of aldehydes is 1. The highest BCUT2D eigenvalue weighted by atomic mass is 16.7. The normalized spacial score (nSPS) is 10.6. The average Bonchev–Trinajstić information content (AvgIpc) is 3.00. The van der Waals surface area contributed by atoms with Crippen molar-refractivity contribution in [2.45, 2.75) is 26.2 Å². The number of methoxy groups -OCH3 is 2. The van der Waals surface area contributed by atoms with E-state index in [0.717, 1.165) is 37.1 Å². The molecule has 6 nitrogen and oxygen atoms in total. The van der Waals surface area contributed by atoms with Crippen molar-refractivity contribution in [3.05, 3.63) is 35.9 Å². The third kappa shape index (κ3) is 4.10. The first-order chi connectivity index (χ1) is 11.2. The Morgan fingerprint density at radius 3 is 2.78 bits per heavy atom. The highest BCUT2D eigenvalue weighted by Gasteiger charge is 2.14. The lowest BCUT2D eigenvalue weighted by atomic mass is 10.2. The molecule has 0 atom stereocenters. The summed E-state index contributed by atoms with van der Waals surface area (Å²) < 4.78 is 17.8. The number of rotatable bonds is 9. The van der Waals surface area contributed by atoms with Crippen LogP contribution in [0.3, 0.4) is 0 Å². The van der Waals surface area contributed by atoms with E-state index in [1.807, 2.05) is 16.7 Å². The molecule has 0 radical (unpaired) electrons. The van der Waals surface area contributed by atoms with Gasteiger partial charge in [0, 0.05) is 25.8 Å². The summed E-state index contributed by atoms with van der Waals surface area (Å²) in [7, 11) is 3.16. The van der Waals surface area contributed by atoms with Crippen LogP contribution in [-0.4, -0.2) is 36.8 Å². The van der Waals surface area contributed by atoms with Crippen molar-refractivity contribution >= 4 is 6.29 Å². The summed E-state index contributed by atoms with van der Waals surface area (Å²) in [5.41, 5.74) is 1.21. The van der Waals surface area contributed by atoms with E-state index in [2.05, 4.69) is 11.9 Å². The number of ether oxygens (including phenoxy) is 3. The van der Waals surface area contributed by atoms with Crippen LogP contribution >= 0.6 is 0 Å². The minimum Gasteiger partial charge on any atom is -0.497 e. The Labute approximate surface area is 136 Å². The molecule has 0 bridgehead atoms. The second kappa shape index (κ2) is 8.33. The number of imidazole rings is 1. The lowest BCUT2D eigenvalue weighted by Crippen LogP contribution is -2.06. The van der Waals surface area contributed by atoms with Crippen LogP contribution < -0.4 is 9.47 Å². The summed E-state index contributed by atoms with van der Waals surface area (Å²) in [6.45, 7) is 2.24. The Balaban J connectivity index is 2.46. The van der Waals surface area contributed by atoms with Crippen LogP contribution in [0.2, 0.25) is 0 Å². The number of nitrogens with zero attached hydrogens (tertiary/aromatic N) is 2. The molecule has 0 spiro atoms. The highest BCUT2D eigenvalue weighted by molar-refractivity contribution is 5.72. The number of benzene rings is 1. The monoisotopic (exact) mass is 318 g/mol. The summed E-state index contributed by atoms with van der Waals surface area (Å²) in [4.78, 5) is 15.5. The second-order valence-electron chi connectivity index (χ2n) is 5.06. The minimum absolute atomic E-state index is 0.125. The number of unbranched alkanes of at least 4 members (excludes halogenated alkanes) is 1. The van der Waals surface area contributed by atoms with E-state index in [1.54, 1.807) is 26.5 Å². The van der Waals surface area contributed by atoms with Crippen LogP contribution in [0.25, 0.3) is 5.69 Å². The van der Waals surface area contributed by atoms with E-state index in [4.69, 9.17) is 14.2 Å². The first-order valence-corrected chi connectivity index (χ1v) is 7.57. The molecule has 0 fully saturated rings. The predicted molar refractivity (Wildman–Crippen MR) is 86.6 cm³/mol. The smallest absolute Gasteiger partial charge is 0.188 e. The number of carbonyl (C=O) groups is 1. The number of carbonyl (C=O) groups excluding carboxylic acids is 1. The molecule has 23 heavy (non-hydrogen) atoms. The molecule has 0 saturated heterocycles. The largest absolute Gasteiger partial charge is 0.497 e. The molecule has 0 aliphatic heterocycles. The van der Waals surface area contributed by atoms with E-state index in [9.17, 15) is 4.79 Å². The number of hydrogen-bond acceptors (Lipinski definition) is 5. The first-order valence-electron chi connectivity index (χ1n) is 7.57. The van der Waals surface area contributed by atoms with Crippen LogP contribution in [0.4, 0.5) is 0 Å². The molecule has 0 saturated carbocycles. The first kappa shape index (κ1) is 17.0. The lowest BCUT2D eigenvalue weighted by molar-refractivity contribution is 0.0509. The maximum atomic E-state index is 11.1. The summed E-state index contributed by atoms with van der Waals surface area (Å²) in [6.07, 6.45) is 5.32. The number of aromatic nitrogens is 2. The van der Waals surface area contributed by atoms with E-state index < -0.39 is 0 Å². The lowest BCUT2D eigenvalue weighted by Gasteiger charge is -2.14. The summed E-state index contributed by atoms with van der Waals surface area (Å²) in [5.74, 6) is 2.13. The van der Waals surface area contributed by atoms with Crippen LogP contribution in [-0.2, 0) is 11.2 Å². The zero-order chi connectivity index (χ0) is 16.7. The van der Waals surface area contributed by atoms with Gasteiger partial charge in [0.15, 0.2) is 13.1 Å². The quantitative estimate of drug-likeness (QED) is 0.525. The van der Waals surface area contributed by atoms with Gasteiger partial charge in [-0.25, -0.2) is 4.98 Å². The van der Waals surface area contributed by atoms with E-state index in [-0.39, 0.29) is 6.79 Å². The van der Waals surface area contributed by atoms with E-state index in [0.29, 0.717) is 17.2 Å². The number of hydrogen-bond donors (Lipinski definition) is 0. The Bertz CT molecular complexity index is 652. The van der Waals surface area contributed by atoms with Gasteiger partial charge >= 0.3 is 0 Å². The fourth-order valence-corrected chi connectivity index (χ4v) is 2.27. The van der Waals surface area contributed by atoms with E-state index in [1.165, 1.54) is 0 Å². The fourth-order valence-electron chi connectivity index (χ4n) is 2.27. The topological polar surface area (TPSA) is 62.6 Å². The molecule has 0 aliphatic rings. The van der Waals surface area contributed by atoms with Crippen LogP contribution in [0, 0.1) is 0 Å². The van der Waals surface area contributed by atoms with Gasteiger partial charge in [-0.2, -0.15) is 0 Å². The molecular formula is C17H22N2O4. The van der Waals surface area contributed by atoms with Crippen LogP contribution in [0.5, 0.6) is 11.5 Å². The van der Waals surface area contributed by atoms with Crippen LogP contribution in [0.1, 0.15) is 36.1 Å². The molecule has 124 valence electrons. The minimum atomic E-state index is 0.125. The van der Waals surface area contributed by atoms with Crippen molar-refractivity contribution < 1.29 is 19.0 Å². The van der Waals surface area contributed by atoms with Crippen molar-refractivity contribution in [3.8, 4) is 17.2 Å².